The van der Waals surface area contributed by atoms with Crippen LogP contribution in [-0.4, -0.2) is 60.2 Å². The molecule has 0 radical (unpaired) electrons. The highest BCUT2D eigenvalue weighted by atomic mass is 16.5. The second-order valence-corrected chi connectivity index (χ2v) is 7.23. The van der Waals surface area contributed by atoms with Crippen LogP contribution in [0.3, 0.4) is 0 Å². The molecule has 4 rings (SSSR count). The van der Waals surface area contributed by atoms with E-state index in [1.54, 1.807) is 12.4 Å². The normalized spacial score (nSPS) is 14.8. The van der Waals surface area contributed by atoms with Crippen molar-refractivity contribution in [2.24, 2.45) is 0 Å². The standard InChI is InChI=1S/C23H26N4O2/c28-23(25-10-3-4-11-27-12-14-29-15-13-27)20-16-22(18-6-5-9-24-17-18)26-21-8-2-1-7-19(20)21/h1-2,5-9,16-17H,3-4,10-15H2,(H,25,28). The Labute approximate surface area is 170 Å². The Kier molecular flexibility index (Phi) is 6.44. The molecule has 1 aliphatic heterocycles. The molecule has 0 saturated carbocycles. The predicted molar refractivity (Wildman–Crippen MR) is 114 cm³/mol. The number of hydrogen-bond acceptors (Lipinski definition) is 5. The highest BCUT2D eigenvalue weighted by molar-refractivity contribution is 6.07. The van der Waals surface area contributed by atoms with Gasteiger partial charge < -0.3 is 10.1 Å². The molecule has 3 aromatic rings. The summed E-state index contributed by atoms with van der Waals surface area (Å²) in [5.74, 6) is -0.0555. The van der Waals surface area contributed by atoms with Gasteiger partial charge in [-0.2, -0.15) is 0 Å². The molecule has 1 aliphatic rings. The Morgan fingerprint density at radius 1 is 1.10 bits per heavy atom. The van der Waals surface area contributed by atoms with E-state index in [0.717, 1.165) is 67.8 Å². The van der Waals surface area contributed by atoms with Crippen LogP contribution in [0.15, 0.2) is 54.9 Å². The highest BCUT2D eigenvalue weighted by Gasteiger charge is 2.14. The van der Waals surface area contributed by atoms with Gasteiger partial charge in [0, 0.05) is 43.0 Å². The van der Waals surface area contributed by atoms with Gasteiger partial charge in [0.15, 0.2) is 0 Å². The maximum absolute atomic E-state index is 12.9. The number of morpholine rings is 1. The van der Waals surface area contributed by atoms with Crippen LogP contribution >= 0.6 is 0 Å². The van der Waals surface area contributed by atoms with Crippen LogP contribution in [0.25, 0.3) is 22.2 Å². The van der Waals surface area contributed by atoms with Crippen molar-refractivity contribution in [3.8, 4) is 11.3 Å². The van der Waals surface area contributed by atoms with E-state index in [4.69, 9.17) is 9.72 Å². The number of nitrogens with zero attached hydrogens (tertiary/aromatic N) is 3. The molecule has 0 aliphatic carbocycles. The molecule has 0 atom stereocenters. The fourth-order valence-electron chi connectivity index (χ4n) is 3.61. The summed E-state index contributed by atoms with van der Waals surface area (Å²) in [4.78, 5) is 24.2. The monoisotopic (exact) mass is 390 g/mol. The van der Waals surface area contributed by atoms with Gasteiger partial charge in [-0.15, -0.1) is 0 Å². The number of nitrogens with one attached hydrogen (secondary N) is 1. The first-order chi connectivity index (χ1) is 14.3. The number of fused-ring (bicyclic) bond motifs is 1. The number of para-hydroxylation sites is 1. The van der Waals surface area contributed by atoms with E-state index in [1.807, 2.05) is 42.5 Å². The van der Waals surface area contributed by atoms with Crippen LogP contribution in [0.1, 0.15) is 23.2 Å². The molecule has 29 heavy (non-hydrogen) atoms. The molecule has 1 amide bonds. The van der Waals surface area contributed by atoms with E-state index in [9.17, 15) is 4.79 Å². The van der Waals surface area contributed by atoms with E-state index < -0.39 is 0 Å². The minimum Gasteiger partial charge on any atom is -0.379 e. The molecular formula is C23H26N4O2. The summed E-state index contributed by atoms with van der Waals surface area (Å²) in [6.07, 6.45) is 5.53. The lowest BCUT2D eigenvalue weighted by molar-refractivity contribution is 0.0372. The van der Waals surface area contributed by atoms with Crippen LogP contribution in [0.4, 0.5) is 0 Å². The lowest BCUT2D eigenvalue weighted by Gasteiger charge is -2.26. The molecule has 2 aromatic heterocycles. The van der Waals surface area contributed by atoms with Crippen molar-refractivity contribution >= 4 is 16.8 Å². The summed E-state index contributed by atoms with van der Waals surface area (Å²) in [6, 6.07) is 13.5. The van der Waals surface area contributed by atoms with E-state index >= 15 is 0 Å². The molecule has 3 heterocycles. The number of unbranched alkanes of at least 4 members (excludes halogenated alkanes) is 1. The molecule has 150 valence electrons. The molecule has 1 saturated heterocycles. The quantitative estimate of drug-likeness (QED) is 0.628. The van der Waals surface area contributed by atoms with Gasteiger partial charge in [-0.05, 0) is 43.7 Å². The van der Waals surface area contributed by atoms with Gasteiger partial charge in [-0.1, -0.05) is 18.2 Å². The molecular weight excluding hydrogens is 364 g/mol. The van der Waals surface area contributed by atoms with Gasteiger partial charge >= 0.3 is 0 Å². The Morgan fingerprint density at radius 2 is 1.97 bits per heavy atom. The average Bonchev–Trinajstić information content (AvgIpc) is 2.79. The summed E-state index contributed by atoms with van der Waals surface area (Å²) >= 11 is 0. The molecule has 0 spiro atoms. The fraction of sp³-hybridized carbons (Fsp3) is 0.348. The number of ether oxygens (including phenoxy) is 1. The number of hydrogen-bond donors (Lipinski definition) is 1. The topological polar surface area (TPSA) is 67.4 Å². The summed E-state index contributed by atoms with van der Waals surface area (Å²) in [6.45, 7) is 5.39. The zero-order chi connectivity index (χ0) is 19.9. The number of benzene rings is 1. The molecule has 6 nitrogen and oxygen atoms in total. The van der Waals surface area contributed by atoms with Crippen LogP contribution < -0.4 is 5.32 Å². The van der Waals surface area contributed by atoms with Gasteiger partial charge in [0.2, 0.25) is 0 Å². The van der Waals surface area contributed by atoms with Gasteiger partial charge in [0.25, 0.3) is 5.91 Å². The molecule has 0 unspecified atom stereocenters. The molecule has 1 fully saturated rings. The number of amides is 1. The molecule has 6 heteroatoms. The first-order valence-corrected chi connectivity index (χ1v) is 10.2. The van der Waals surface area contributed by atoms with E-state index in [0.29, 0.717) is 12.1 Å². The van der Waals surface area contributed by atoms with Crippen molar-refractivity contribution in [1.29, 1.82) is 0 Å². The summed E-state index contributed by atoms with van der Waals surface area (Å²) in [5.41, 5.74) is 3.13. The van der Waals surface area contributed by atoms with Crippen LogP contribution in [-0.2, 0) is 4.74 Å². The SMILES string of the molecule is O=C(NCCCCN1CCOCC1)c1cc(-c2cccnc2)nc2ccccc12. The van der Waals surface area contributed by atoms with Crippen molar-refractivity contribution in [3.63, 3.8) is 0 Å². The lowest BCUT2D eigenvalue weighted by Crippen LogP contribution is -2.37. The summed E-state index contributed by atoms with van der Waals surface area (Å²) in [5, 5.41) is 3.95. The first kappa shape index (κ1) is 19.5. The van der Waals surface area contributed by atoms with Gasteiger partial charge in [0.05, 0.1) is 30.0 Å². The van der Waals surface area contributed by atoms with Gasteiger partial charge in [-0.3, -0.25) is 14.7 Å². The zero-order valence-electron chi connectivity index (χ0n) is 16.5. The zero-order valence-corrected chi connectivity index (χ0v) is 16.5. The number of carbonyl (C=O) groups excluding carboxylic acids is 1. The lowest BCUT2D eigenvalue weighted by atomic mass is 10.0. The Hall–Kier alpha value is -2.83. The van der Waals surface area contributed by atoms with Crippen molar-refractivity contribution < 1.29 is 9.53 Å². The van der Waals surface area contributed by atoms with Crippen molar-refractivity contribution in [3.05, 3.63) is 60.4 Å². The smallest absolute Gasteiger partial charge is 0.252 e. The van der Waals surface area contributed by atoms with Crippen LogP contribution in [0.2, 0.25) is 0 Å². The van der Waals surface area contributed by atoms with Crippen molar-refractivity contribution in [1.82, 2.24) is 20.2 Å². The third-order valence-corrected chi connectivity index (χ3v) is 5.21. The Morgan fingerprint density at radius 3 is 2.79 bits per heavy atom. The maximum Gasteiger partial charge on any atom is 0.252 e. The number of rotatable bonds is 7. The third-order valence-electron chi connectivity index (χ3n) is 5.21. The first-order valence-electron chi connectivity index (χ1n) is 10.2. The maximum atomic E-state index is 12.9. The summed E-state index contributed by atoms with van der Waals surface area (Å²) < 4.78 is 5.38. The van der Waals surface area contributed by atoms with Gasteiger partial charge in [-0.25, -0.2) is 4.98 Å². The van der Waals surface area contributed by atoms with E-state index in [2.05, 4.69) is 15.2 Å². The minimum atomic E-state index is -0.0555. The van der Waals surface area contributed by atoms with Gasteiger partial charge in [0.1, 0.15) is 0 Å². The number of pyridine rings is 2. The minimum absolute atomic E-state index is 0.0555. The second-order valence-electron chi connectivity index (χ2n) is 7.23. The molecule has 1 aromatic carbocycles. The average molecular weight is 390 g/mol. The van der Waals surface area contributed by atoms with Crippen LogP contribution in [0.5, 0.6) is 0 Å². The second kappa shape index (κ2) is 9.58. The van der Waals surface area contributed by atoms with Crippen molar-refractivity contribution in [2.45, 2.75) is 12.8 Å². The van der Waals surface area contributed by atoms with Crippen molar-refractivity contribution in [2.75, 3.05) is 39.4 Å². The summed E-state index contributed by atoms with van der Waals surface area (Å²) in [7, 11) is 0. The molecule has 0 bridgehead atoms. The van der Waals surface area contributed by atoms with E-state index in [-0.39, 0.29) is 5.91 Å². The largest absolute Gasteiger partial charge is 0.379 e. The number of aromatic nitrogens is 2. The van der Waals surface area contributed by atoms with E-state index in [1.165, 1.54) is 0 Å². The van der Waals surface area contributed by atoms with Crippen LogP contribution in [0, 0.1) is 0 Å². The highest BCUT2D eigenvalue weighted by Crippen LogP contribution is 2.24. The fourth-order valence-corrected chi connectivity index (χ4v) is 3.61. The Bertz CT molecular complexity index is 956. The predicted octanol–water partition coefficient (Wildman–Crippen LogP) is 3.14. The molecule has 1 N–H and O–H groups in total. The Balaban J connectivity index is 1.42. The number of carbonyl (C=O) groups is 1. The third kappa shape index (κ3) is 4.96.